The van der Waals surface area contributed by atoms with Gasteiger partial charge in [-0.2, -0.15) is 0 Å². The number of nitrogens with zero attached hydrogens (tertiary/aromatic N) is 2. The summed E-state index contributed by atoms with van der Waals surface area (Å²) in [6.45, 7) is 0.373. The number of rotatable bonds is 5. The van der Waals surface area contributed by atoms with E-state index in [1.807, 2.05) is 4.57 Å². The zero-order valence-electron chi connectivity index (χ0n) is 10.3. The molecular weight excluding hydrogens is 234 g/mol. The smallest absolute Gasteiger partial charge is 0.268 e. The van der Waals surface area contributed by atoms with E-state index in [1.54, 1.807) is 12.5 Å². The molecule has 1 heterocycles. The highest BCUT2D eigenvalue weighted by molar-refractivity contribution is 5.90. The van der Waals surface area contributed by atoms with Crippen molar-refractivity contribution >= 4 is 5.91 Å². The number of imidazole rings is 1. The van der Waals surface area contributed by atoms with E-state index in [-0.39, 0.29) is 24.4 Å². The molecule has 2 rings (SSSR count). The summed E-state index contributed by atoms with van der Waals surface area (Å²) >= 11 is 0. The summed E-state index contributed by atoms with van der Waals surface area (Å²) in [5, 5.41) is 8.83. The topological polar surface area (TPSA) is 90.4 Å². The van der Waals surface area contributed by atoms with Crippen molar-refractivity contribution < 1.29 is 14.6 Å². The van der Waals surface area contributed by atoms with Crippen molar-refractivity contribution in [2.45, 2.75) is 37.8 Å². The van der Waals surface area contributed by atoms with E-state index in [0.717, 1.165) is 25.7 Å². The average molecular weight is 253 g/mol. The summed E-state index contributed by atoms with van der Waals surface area (Å²) in [6, 6.07) is 0.172. The molecule has 1 aliphatic carbocycles. The Hall–Kier alpha value is -1.40. The summed E-state index contributed by atoms with van der Waals surface area (Å²) in [6.07, 6.45) is 7.59. The molecule has 1 amide bonds. The minimum Gasteiger partial charge on any atom is -0.394 e. The van der Waals surface area contributed by atoms with Crippen molar-refractivity contribution in [3.8, 4) is 0 Å². The van der Waals surface area contributed by atoms with Crippen LogP contribution in [0.1, 0.15) is 42.2 Å². The van der Waals surface area contributed by atoms with Gasteiger partial charge in [0.2, 0.25) is 0 Å². The van der Waals surface area contributed by atoms with Crippen LogP contribution in [-0.2, 0) is 4.74 Å². The molecule has 0 aliphatic heterocycles. The van der Waals surface area contributed by atoms with Crippen LogP contribution in [0.3, 0.4) is 0 Å². The average Bonchev–Trinajstić information content (AvgIpc) is 2.86. The number of carbonyl (C=O) groups excluding carboxylic acids is 1. The van der Waals surface area contributed by atoms with Gasteiger partial charge in [0.25, 0.3) is 5.91 Å². The molecule has 0 aromatic carbocycles. The van der Waals surface area contributed by atoms with Crippen molar-refractivity contribution in [2.24, 2.45) is 5.73 Å². The van der Waals surface area contributed by atoms with E-state index < -0.39 is 5.91 Å². The van der Waals surface area contributed by atoms with Crippen LogP contribution >= 0.6 is 0 Å². The molecule has 6 heteroatoms. The summed E-state index contributed by atoms with van der Waals surface area (Å²) in [7, 11) is 0. The maximum Gasteiger partial charge on any atom is 0.268 e. The first-order valence-corrected chi connectivity index (χ1v) is 6.28. The van der Waals surface area contributed by atoms with E-state index in [4.69, 9.17) is 15.6 Å². The molecule has 1 fully saturated rings. The second kappa shape index (κ2) is 5.97. The number of hydrogen-bond acceptors (Lipinski definition) is 4. The third kappa shape index (κ3) is 2.88. The molecule has 1 saturated carbocycles. The first-order valence-electron chi connectivity index (χ1n) is 6.28. The minimum absolute atomic E-state index is 0.0275. The highest BCUT2D eigenvalue weighted by atomic mass is 16.5. The molecule has 6 nitrogen and oxygen atoms in total. The second-order valence-electron chi connectivity index (χ2n) is 4.56. The van der Waals surface area contributed by atoms with Gasteiger partial charge < -0.3 is 20.1 Å². The zero-order chi connectivity index (χ0) is 13.0. The van der Waals surface area contributed by atoms with Gasteiger partial charge in [0.1, 0.15) is 5.69 Å². The van der Waals surface area contributed by atoms with Crippen LogP contribution < -0.4 is 5.73 Å². The fourth-order valence-corrected chi connectivity index (χ4v) is 2.46. The van der Waals surface area contributed by atoms with Crippen LogP contribution in [0.4, 0.5) is 0 Å². The van der Waals surface area contributed by atoms with E-state index in [2.05, 4.69) is 4.98 Å². The number of nitrogens with two attached hydrogens (primary N) is 1. The number of hydrogen-bond donors (Lipinski definition) is 2. The van der Waals surface area contributed by atoms with Crippen LogP contribution in [0.25, 0.3) is 0 Å². The van der Waals surface area contributed by atoms with Gasteiger partial charge in [-0.15, -0.1) is 0 Å². The number of aliphatic hydroxyl groups excluding tert-OH is 1. The Kier molecular flexibility index (Phi) is 4.33. The Morgan fingerprint density at radius 1 is 1.56 bits per heavy atom. The van der Waals surface area contributed by atoms with Gasteiger partial charge in [-0.3, -0.25) is 4.79 Å². The van der Waals surface area contributed by atoms with Crippen molar-refractivity contribution in [1.82, 2.24) is 9.55 Å². The standard InChI is InChI=1S/C12H19N3O3/c13-12(17)9-7-15(8-14-9)10-3-1-2-4-11(10)18-6-5-16/h7-8,10-11,16H,1-6H2,(H2,13,17)/t10-,11-/m1/s1. The van der Waals surface area contributed by atoms with Crippen LogP contribution in [0.5, 0.6) is 0 Å². The van der Waals surface area contributed by atoms with Gasteiger partial charge >= 0.3 is 0 Å². The van der Waals surface area contributed by atoms with Crippen molar-refractivity contribution in [1.29, 1.82) is 0 Å². The molecule has 18 heavy (non-hydrogen) atoms. The molecule has 2 atom stereocenters. The largest absolute Gasteiger partial charge is 0.394 e. The molecular formula is C12H19N3O3. The SMILES string of the molecule is NC(=O)c1cn([C@@H]2CCCC[C@H]2OCCO)cn1. The van der Waals surface area contributed by atoms with Gasteiger partial charge in [0, 0.05) is 6.20 Å². The van der Waals surface area contributed by atoms with Gasteiger partial charge in [0.15, 0.2) is 0 Å². The maximum absolute atomic E-state index is 11.0. The fourth-order valence-electron chi connectivity index (χ4n) is 2.46. The first-order chi connectivity index (χ1) is 8.72. The quantitative estimate of drug-likeness (QED) is 0.798. The van der Waals surface area contributed by atoms with E-state index in [9.17, 15) is 4.79 Å². The van der Waals surface area contributed by atoms with Crippen LogP contribution in [0.2, 0.25) is 0 Å². The molecule has 0 saturated heterocycles. The zero-order valence-corrected chi connectivity index (χ0v) is 10.3. The van der Waals surface area contributed by atoms with Gasteiger partial charge in [-0.05, 0) is 12.8 Å². The summed E-state index contributed by atoms with van der Waals surface area (Å²) in [5.41, 5.74) is 5.47. The Labute approximate surface area is 106 Å². The Morgan fingerprint density at radius 2 is 2.33 bits per heavy atom. The van der Waals surface area contributed by atoms with Crippen LogP contribution in [0, 0.1) is 0 Å². The van der Waals surface area contributed by atoms with E-state index in [0.29, 0.717) is 6.61 Å². The Balaban J connectivity index is 2.09. The van der Waals surface area contributed by atoms with Crippen LogP contribution in [0.15, 0.2) is 12.5 Å². The number of amides is 1. The number of aliphatic hydroxyl groups is 1. The number of primary amides is 1. The molecule has 1 aromatic heterocycles. The van der Waals surface area contributed by atoms with Crippen LogP contribution in [-0.4, -0.2) is 39.9 Å². The lowest BCUT2D eigenvalue weighted by molar-refractivity contribution is -0.0205. The molecule has 0 radical (unpaired) electrons. The lowest BCUT2D eigenvalue weighted by atomic mass is 9.92. The summed E-state index contributed by atoms with van der Waals surface area (Å²) in [4.78, 5) is 15.0. The van der Waals surface area contributed by atoms with Crippen molar-refractivity contribution in [3.05, 3.63) is 18.2 Å². The van der Waals surface area contributed by atoms with Gasteiger partial charge in [-0.1, -0.05) is 12.8 Å². The number of ether oxygens (including phenoxy) is 1. The molecule has 0 spiro atoms. The van der Waals surface area contributed by atoms with Gasteiger partial charge in [0.05, 0.1) is 31.7 Å². The van der Waals surface area contributed by atoms with Gasteiger partial charge in [-0.25, -0.2) is 4.98 Å². The first kappa shape index (κ1) is 13.0. The monoisotopic (exact) mass is 253 g/mol. The Morgan fingerprint density at radius 3 is 3.00 bits per heavy atom. The lowest BCUT2D eigenvalue weighted by Gasteiger charge is -2.32. The third-order valence-electron chi connectivity index (χ3n) is 3.33. The summed E-state index contributed by atoms with van der Waals surface area (Å²) < 4.78 is 7.56. The molecule has 0 bridgehead atoms. The predicted octanol–water partition coefficient (Wildman–Crippen LogP) is 0.475. The fraction of sp³-hybridized carbons (Fsp3) is 0.667. The maximum atomic E-state index is 11.0. The highest BCUT2D eigenvalue weighted by Gasteiger charge is 2.27. The highest BCUT2D eigenvalue weighted by Crippen LogP contribution is 2.30. The molecule has 3 N–H and O–H groups in total. The molecule has 1 aliphatic rings. The second-order valence-corrected chi connectivity index (χ2v) is 4.56. The Bertz CT molecular complexity index is 405. The van der Waals surface area contributed by atoms with E-state index >= 15 is 0 Å². The van der Waals surface area contributed by atoms with E-state index in [1.165, 1.54) is 0 Å². The minimum atomic E-state index is -0.516. The van der Waals surface area contributed by atoms with Crippen molar-refractivity contribution in [3.63, 3.8) is 0 Å². The number of carbonyl (C=O) groups is 1. The van der Waals surface area contributed by atoms with Crippen molar-refractivity contribution in [2.75, 3.05) is 13.2 Å². The predicted molar refractivity (Wildman–Crippen MR) is 65.1 cm³/mol. The third-order valence-corrected chi connectivity index (χ3v) is 3.33. The number of aromatic nitrogens is 2. The molecule has 100 valence electrons. The normalized spacial score (nSPS) is 24.1. The summed E-state index contributed by atoms with van der Waals surface area (Å²) in [5.74, 6) is -0.516. The lowest BCUT2D eigenvalue weighted by Crippen LogP contribution is -2.30. The molecule has 1 aromatic rings. The molecule has 0 unspecified atom stereocenters.